The molecule has 2 heterocycles. The number of para-hydroxylation sites is 2. The first-order chi connectivity index (χ1) is 14.7. The van der Waals surface area contributed by atoms with E-state index >= 15 is 0 Å². The largest absolute Gasteiger partial charge is 0.455 e. The molecule has 30 heavy (non-hydrogen) atoms. The van der Waals surface area contributed by atoms with Crippen molar-refractivity contribution in [3.63, 3.8) is 0 Å². The van der Waals surface area contributed by atoms with Crippen LogP contribution < -0.4 is 10.1 Å². The highest BCUT2D eigenvalue weighted by molar-refractivity contribution is 7.99. The fraction of sp³-hybridized carbons (Fsp3) is 0.136. The first-order valence-corrected chi connectivity index (χ1v) is 11.2. The van der Waals surface area contributed by atoms with Gasteiger partial charge in [-0.15, -0.1) is 16.4 Å². The minimum absolute atomic E-state index is 0.149. The van der Waals surface area contributed by atoms with E-state index in [1.807, 2.05) is 66.9 Å². The van der Waals surface area contributed by atoms with Crippen molar-refractivity contribution >= 4 is 34.7 Å². The predicted octanol–water partition coefficient (Wildman–Crippen LogP) is 5.29. The highest BCUT2D eigenvalue weighted by Gasteiger charge is 2.11. The van der Waals surface area contributed by atoms with Crippen molar-refractivity contribution in [3.05, 3.63) is 82.3 Å². The molecule has 0 bridgehead atoms. The van der Waals surface area contributed by atoms with E-state index in [0.717, 1.165) is 17.1 Å². The van der Waals surface area contributed by atoms with E-state index in [4.69, 9.17) is 4.74 Å². The van der Waals surface area contributed by atoms with Gasteiger partial charge in [0.1, 0.15) is 11.6 Å². The third-order valence-electron chi connectivity index (χ3n) is 4.18. The molecule has 8 heteroatoms. The topological polar surface area (TPSA) is 79.9 Å². The van der Waals surface area contributed by atoms with E-state index < -0.39 is 0 Å². The fourth-order valence-electron chi connectivity index (χ4n) is 2.71. The van der Waals surface area contributed by atoms with Crippen LogP contribution in [0.1, 0.15) is 16.3 Å². The summed E-state index contributed by atoms with van der Waals surface area (Å²) in [4.78, 5) is 18.1. The number of aryl methyl sites for hydroxylation is 1. The molecule has 0 aliphatic heterocycles. The fourth-order valence-corrected chi connectivity index (χ4v) is 4.03. The molecule has 4 aromatic rings. The molecule has 0 fully saturated rings. The zero-order valence-electron chi connectivity index (χ0n) is 16.3. The van der Waals surface area contributed by atoms with Crippen molar-refractivity contribution in [3.8, 4) is 11.5 Å². The molecule has 0 saturated heterocycles. The van der Waals surface area contributed by atoms with Crippen LogP contribution in [0.2, 0.25) is 0 Å². The summed E-state index contributed by atoms with van der Waals surface area (Å²) in [6.45, 7) is 2.02. The van der Waals surface area contributed by atoms with E-state index in [0.29, 0.717) is 23.0 Å². The number of H-pyrrole nitrogens is 1. The SMILES string of the molecule is Cc1ccc(Oc2ccccc2NC(=O)CSc2n[nH]c(Cc3cccs3)n2)cc1. The molecule has 4 rings (SSSR count). The van der Waals surface area contributed by atoms with Crippen molar-refractivity contribution in [2.24, 2.45) is 0 Å². The lowest BCUT2D eigenvalue weighted by atomic mass is 10.2. The van der Waals surface area contributed by atoms with Gasteiger partial charge in [-0.3, -0.25) is 9.89 Å². The van der Waals surface area contributed by atoms with Gasteiger partial charge < -0.3 is 10.1 Å². The lowest BCUT2D eigenvalue weighted by molar-refractivity contribution is -0.113. The third kappa shape index (κ3) is 5.49. The van der Waals surface area contributed by atoms with Gasteiger partial charge in [-0.25, -0.2) is 4.98 Å². The van der Waals surface area contributed by atoms with Crippen LogP contribution in [0, 0.1) is 6.92 Å². The number of carbonyl (C=O) groups excluding carboxylic acids is 1. The van der Waals surface area contributed by atoms with Gasteiger partial charge in [0.25, 0.3) is 0 Å². The average Bonchev–Trinajstić information content (AvgIpc) is 3.42. The van der Waals surface area contributed by atoms with Crippen LogP contribution in [0.25, 0.3) is 0 Å². The number of thioether (sulfide) groups is 1. The highest BCUT2D eigenvalue weighted by Crippen LogP contribution is 2.29. The molecule has 0 radical (unpaired) electrons. The van der Waals surface area contributed by atoms with E-state index in [1.54, 1.807) is 11.3 Å². The quantitative estimate of drug-likeness (QED) is 0.367. The molecule has 0 unspecified atom stereocenters. The van der Waals surface area contributed by atoms with E-state index in [2.05, 4.69) is 26.6 Å². The summed E-state index contributed by atoms with van der Waals surface area (Å²) in [5.74, 6) is 2.16. The Hall–Kier alpha value is -3.10. The molecular weight excluding hydrogens is 416 g/mol. The maximum atomic E-state index is 12.4. The van der Waals surface area contributed by atoms with E-state index in [1.165, 1.54) is 16.6 Å². The van der Waals surface area contributed by atoms with Crippen LogP contribution in [0.4, 0.5) is 5.69 Å². The normalized spacial score (nSPS) is 10.7. The van der Waals surface area contributed by atoms with Gasteiger partial charge in [0.05, 0.1) is 11.4 Å². The number of nitrogens with one attached hydrogen (secondary N) is 2. The highest BCUT2D eigenvalue weighted by atomic mass is 32.2. The number of rotatable bonds is 8. The summed E-state index contributed by atoms with van der Waals surface area (Å²) in [7, 11) is 0. The minimum atomic E-state index is -0.149. The van der Waals surface area contributed by atoms with Crippen molar-refractivity contribution < 1.29 is 9.53 Å². The van der Waals surface area contributed by atoms with Crippen molar-refractivity contribution in [1.82, 2.24) is 15.2 Å². The van der Waals surface area contributed by atoms with Gasteiger partial charge in [0, 0.05) is 11.3 Å². The van der Waals surface area contributed by atoms with Gasteiger partial charge in [0.2, 0.25) is 11.1 Å². The molecule has 0 aliphatic rings. The number of nitrogens with zero attached hydrogens (tertiary/aromatic N) is 2. The van der Waals surface area contributed by atoms with Gasteiger partial charge in [-0.2, -0.15) is 0 Å². The summed E-state index contributed by atoms with van der Waals surface area (Å²) >= 11 is 2.97. The van der Waals surface area contributed by atoms with Gasteiger partial charge >= 0.3 is 0 Å². The van der Waals surface area contributed by atoms with Crippen molar-refractivity contribution in [2.75, 3.05) is 11.1 Å². The Morgan fingerprint density at radius 1 is 1.13 bits per heavy atom. The van der Waals surface area contributed by atoms with Crippen LogP contribution in [0.3, 0.4) is 0 Å². The van der Waals surface area contributed by atoms with Crippen molar-refractivity contribution in [2.45, 2.75) is 18.5 Å². The van der Waals surface area contributed by atoms with Crippen molar-refractivity contribution in [1.29, 1.82) is 0 Å². The average molecular weight is 437 g/mol. The predicted molar refractivity (Wildman–Crippen MR) is 121 cm³/mol. The third-order valence-corrected chi connectivity index (χ3v) is 5.90. The standard InChI is InChI=1S/C22H20N4O2S2/c1-15-8-10-16(11-9-15)28-19-7-3-2-6-18(19)23-21(27)14-30-22-24-20(25-26-22)13-17-5-4-12-29-17/h2-12H,13-14H2,1H3,(H,23,27)(H,24,25,26). The molecule has 2 aromatic heterocycles. The van der Waals surface area contributed by atoms with Crippen LogP contribution in [0.15, 0.2) is 71.2 Å². The second-order valence-electron chi connectivity index (χ2n) is 6.57. The summed E-state index contributed by atoms with van der Waals surface area (Å²) < 4.78 is 5.93. The summed E-state index contributed by atoms with van der Waals surface area (Å²) in [5.41, 5.74) is 1.78. The molecule has 2 N–H and O–H groups in total. The number of thiophene rings is 1. The van der Waals surface area contributed by atoms with E-state index in [9.17, 15) is 4.79 Å². The van der Waals surface area contributed by atoms with Crippen LogP contribution >= 0.6 is 23.1 Å². The molecule has 0 saturated carbocycles. The first-order valence-electron chi connectivity index (χ1n) is 9.35. The second-order valence-corrected chi connectivity index (χ2v) is 8.54. The molecule has 2 aromatic carbocycles. The number of amides is 1. The zero-order chi connectivity index (χ0) is 20.8. The van der Waals surface area contributed by atoms with Crippen LogP contribution in [-0.2, 0) is 11.2 Å². The molecule has 0 spiro atoms. The maximum Gasteiger partial charge on any atom is 0.234 e. The lowest BCUT2D eigenvalue weighted by Crippen LogP contribution is -2.14. The lowest BCUT2D eigenvalue weighted by Gasteiger charge is -2.12. The number of carbonyl (C=O) groups is 1. The maximum absolute atomic E-state index is 12.4. The van der Waals surface area contributed by atoms with Gasteiger partial charge in [-0.1, -0.05) is 47.7 Å². The van der Waals surface area contributed by atoms with Gasteiger partial charge in [0.15, 0.2) is 5.75 Å². The molecule has 6 nitrogen and oxygen atoms in total. The summed E-state index contributed by atoms with van der Waals surface area (Å²) in [6.07, 6.45) is 0.709. The molecule has 152 valence electrons. The Labute approximate surface area is 182 Å². The number of anilines is 1. The second kappa shape index (κ2) is 9.60. The zero-order valence-corrected chi connectivity index (χ0v) is 17.9. The van der Waals surface area contributed by atoms with Gasteiger partial charge in [-0.05, 0) is 42.6 Å². The Balaban J connectivity index is 1.33. The number of hydrogen-bond acceptors (Lipinski definition) is 6. The number of aromatic nitrogens is 3. The smallest absolute Gasteiger partial charge is 0.234 e. The van der Waals surface area contributed by atoms with Crippen LogP contribution in [-0.4, -0.2) is 26.8 Å². The molecule has 1 amide bonds. The Bertz CT molecular complexity index is 1110. The Kier molecular flexibility index (Phi) is 6.46. The minimum Gasteiger partial charge on any atom is -0.455 e. The number of aromatic amines is 1. The van der Waals surface area contributed by atoms with E-state index in [-0.39, 0.29) is 11.7 Å². The van der Waals surface area contributed by atoms with Crippen LogP contribution in [0.5, 0.6) is 11.5 Å². The Morgan fingerprint density at radius 2 is 1.97 bits per heavy atom. The monoisotopic (exact) mass is 436 g/mol. The summed E-state index contributed by atoms with van der Waals surface area (Å²) in [5, 5.41) is 12.6. The molecular formula is C22H20N4O2S2. The number of ether oxygens (including phenoxy) is 1. The molecule has 0 atom stereocenters. The Morgan fingerprint density at radius 3 is 2.77 bits per heavy atom. The number of hydrogen-bond donors (Lipinski definition) is 2. The molecule has 0 aliphatic carbocycles. The summed E-state index contributed by atoms with van der Waals surface area (Å²) in [6, 6.07) is 19.2. The first kappa shape index (κ1) is 20.2. The number of benzene rings is 2.